The summed E-state index contributed by atoms with van der Waals surface area (Å²) in [6.07, 6.45) is -3.23. The molecular formula is C29H53N5O11. The topological polar surface area (TPSA) is 226 Å². The largest absolute Gasteiger partial charge is 0.390 e. The Morgan fingerprint density at radius 2 is 1.49 bits per heavy atom. The highest BCUT2D eigenvalue weighted by Crippen LogP contribution is 2.38. The summed E-state index contributed by atoms with van der Waals surface area (Å²) in [6.45, 7) is 10.7. The third-order valence-electron chi connectivity index (χ3n) is 7.61. The number of aliphatic hydroxyl groups is 3. The molecule has 2 aliphatic heterocycles. The fraction of sp³-hybridized carbons (Fsp3) is 0.862. The zero-order chi connectivity index (χ0) is 33.6. The minimum Gasteiger partial charge on any atom is -0.390 e. The molecule has 2 saturated heterocycles. The lowest BCUT2D eigenvalue weighted by molar-refractivity contribution is -0.288. The summed E-state index contributed by atoms with van der Waals surface area (Å²) in [6, 6.07) is -1.85. The first-order valence-corrected chi connectivity index (χ1v) is 15.5. The molecule has 16 nitrogen and oxygen atoms in total. The molecule has 0 spiro atoms. The molecule has 0 aromatic heterocycles. The Bertz CT molecular complexity index is 944. The number of carbonyl (C=O) groups is 4. The van der Waals surface area contributed by atoms with E-state index in [1.54, 1.807) is 13.8 Å². The Hall–Kier alpha value is -2.44. The third-order valence-corrected chi connectivity index (χ3v) is 7.61. The lowest BCUT2D eigenvalue weighted by Crippen LogP contribution is -2.59. The van der Waals surface area contributed by atoms with Crippen LogP contribution in [-0.2, 0) is 38.1 Å². The number of hydrogen-bond donors (Lipinski definition) is 8. The first-order valence-electron chi connectivity index (χ1n) is 15.5. The van der Waals surface area contributed by atoms with E-state index in [1.165, 1.54) is 0 Å². The fourth-order valence-corrected chi connectivity index (χ4v) is 5.15. The molecule has 2 rings (SSSR count). The molecule has 0 radical (unpaired) electrons. The summed E-state index contributed by atoms with van der Waals surface area (Å²) >= 11 is 0. The number of nitrogens with one attached hydrogen (secondary N) is 5. The van der Waals surface area contributed by atoms with Crippen molar-refractivity contribution in [1.82, 2.24) is 26.6 Å². The quantitative estimate of drug-likeness (QED) is 0.0703. The molecule has 0 aromatic carbocycles. The molecule has 260 valence electrons. The molecule has 8 unspecified atom stereocenters. The van der Waals surface area contributed by atoms with Crippen molar-refractivity contribution in [3.05, 3.63) is 0 Å². The normalized spacial score (nSPS) is 26.5. The van der Waals surface area contributed by atoms with Gasteiger partial charge in [0.05, 0.1) is 51.3 Å². The average molecular weight is 648 g/mol. The highest BCUT2D eigenvalue weighted by Gasteiger charge is 2.48. The summed E-state index contributed by atoms with van der Waals surface area (Å²) in [4.78, 5) is 48.8. The van der Waals surface area contributed by atoms with Crippen LogP contribution < -0.4 is 26.6 Å². The van der Waals surface area contributed by atoms with Crippen molar-refractivity contribution in [3.63, 3.8) is 0 Å². The lowest BCUT2D eigenvalue weighted by atomic mass is 9.71. The number of hydrogen-bond acceptors (Lipinski definition) is 12. The molecule has 0 aromatic rings. The van der Waals surface area contributed by atoms with Gasteiger partial charge in [-0.2, -0.15) is 0 Å². The first kappa shape index (κ1) is 38.7. The van der Waals surface area contributed by atoms with Crippen molar-refractivity contribution in [2.24, 2.45) is 11.3 Å². The highest BCUT2D eigenvalue weighted by molar-refractivity contribution is 5.92. The smallest absolute Gasteiger partial charge is 0.246 e. The van der Waals surface area contributed by atoms with E-state index in [4.69, 9.17) is 18.9 Å². The van der Waals surface area contributed by atoms with Crippen LogP contribution in [0.25, 0.3) is 0 Å². The molecule has 0 saturated carbocycles. The Balaban J connectivity index is 1.47. The number of amides is 4. The van der Waals surface area contributed by atoms with Gasteiger partial charge in [-0.15, -0.1) is 0 Å². The summed E-state index contributed by atoms with van der Waals surface area (Å²) in [5.41, 5.74) is -0.448. The van der Waals surface area contributed by atoms with E-state index >= 15 is 0 Å². The van der Waals surface area contributed by atoms with Crippen LogP contribution in [-0.4, -0.2) is 141 Å². The standard InChI is InChI=1S/C29H53N5O11/c1-17(33-26(39)18(2)34-27(40)19-7-6-8-30-19)25(38)32-10-12-43-14-13-42-11-9-31-21(35)16-44-15-20-22(29(3,4)5)23(36)24(37)28(41)45-20/h17-20,22-24,28,30,36-37,41H,6-16H2,1-5H3,(H,31,35)(H,32,38)(H,33,39)(H,34,40). The van der Waals surface area contributed by atoms with E-state index in [0.717, 1.165) is 19.4 Å². The second kappa shape index (κ2) is 19.3. The Morgan fingerprint density at radius 3 is 2.09 bits per heavy atom. The van der Waals surface area contributed by atoms with Gasteiger partial charge in [-0.05, 0) is 38.6 Å². The monoisotopic (exact) mass is 647 g/mol. The van der Waals surface area contributed by atoms with E-state index in [2.05, 4.69) is 26.6 Å². The van der Waals surface area contributed by atoms with Crippen LogP contribution in [0.1, 0.15) is 47.5 Å². The minimum atomic E-state index is -1.54. The average Bonchev–Trinajstić information content (AvgIpc) is 3.51. The van der Waals surface area contributed by atoms with E-state index in [0.29, 0.717) is 0 Å². The van der Waals surface area contributed by atoms with Crippen LogP contribution >= 0.6 is 0 Å². The summed E-state index contributed by atoms with van der Waals surface area (Å²) in [5, 5.41) is 43.9. The molecule has 8 atom stereocenters. The molecule has 2 fully saturated rings. The summed E-state index contributed by atoms with van der Waals surface area (Å²) < 4.78 is 21.7. The van der Waals surface area contributed by atoms with Gasteiger partial charge < -0.3 is 60.9 Å². The molecule has 8 N–H and O–H groups in total. The fourth-order valence-electron chi connectivity index (χ4n) is 5.15. The summed E-state index contributed by atoms with van der Waals surface area (Å²) in [7, 11) is 0. The van der Waals surface area contributed by atoms with Crippen molar-refractivity contribution >= 4 is 23.6 Å². The van der Waals surface area contributed by atoms with Crippen molar-refractivity contribution in [2.75, 3.05) is 59.3 Å². The number of carbonyl (C=O) groups excluding carboxylic acids is 4. The number of rotatable bonds is 18. The van der Waals surface area contributed by atoms with E-state index in [9.17, 15) is 34.5 Å². The molecule has 4 amide bonds. The van der Waals surface area contributed by atoms with Gasteiger partial charge in [0.2, 0.25) is 23.6 Å². The molecular weight excluding hydrogens is 594 g/mol. The van der Waals surface area contributed by atoms with Gasteiger partial charge >= 0.3 is 0 Å². The van der Waals surface area contributed by atoms with Gasteiger partial charge in [-0.25, -0.2) is 0 Å². The maximum Gasteiger partial charge on any atom is 0.246 e. The summed E-state index contributed by atoms with van der Waals surface area (Å²) in [5.74, 6) is -1.95. The van der Waals surface area contributed by atoms with Crippen molar-refractivity contribution in [2.45, 2.75) is 90.2 Å². The first-order chi connectivity index (χ1) is 21.2. The second-order valence-corrected chi connectivity index (χ2v) is 12.4. The maximum atomic E-state index is 12.3. The van der Waals surface area contributed by atoms with Crippen LogP contribution in [0.3, 0.4) is 0 Å². The van der Waals surface area contributed by atoms with Gasteiger partial charge in [0.1, 0.15) is 24.8 Å². The van der Waals surface area contributed by atoms with Crippen molar-refractivity contribution in [1.29, 1.82) is 0 Å². The minimum absolute atomic E-state index is 0.0463. The third kappa shape index (κ3) is 13.4. The zero-order valence-electron chi connectivity index (χ0n) is 27.0. The maximum absolute atomic E-state index is 12.3. The second-order valence-electron chi connectivity index (χ2n) is 12.4. The SMILES string of the molecule is CC(NC(=O)C(C)NC(=O)C1CCCN1)C(=O)NCCOCCOCCNC(=O)COCC1OC(O)C(O)C(O)C1C(C)(C)C. The zero-order valence-corrected chi connectivity index (χ0v) is 27.0. The molecule has 45 heavy (non-hydrogen) atoms. The predicted octanol–water partition coefficient (Wildman–Crippen LogP) is -2.87. The number of ether oxygens (including phenoxy) is 4. The molecule has 0 aliphatic carbocycles. The van der Waals surface area contributed by atoms with Gasteiger partial charge in [0.25, 0.3) is 0 Å². The molecule has 2 heterocycles. The van der Waals surface area contributed by atoms with Crippen LogP contribution in [0.4, 0.5) is 0 Å². The van der Waals surface area contributed by atoms with E-state index in [-0.39, 0.29) is 76.5 Å². The molecule has 16 heteroatoms. The Morgan fingerprint density at radius 1 is 0.867 bits per heavy atom. The van der Waals surface area contributed by atoms with Gasteiger partial charge in [0, 0.05) is 19.0 Å². The Kier molecular flexibility index (Phi) is 16.6. The van der Waals surface area contributed by atoms with Gasteiger partial charge in [-0.1, -0.05) is 20.8 Å². The Labute approximate surface area is 264 Å². The van der Waals surface area contributed by atoms with Crippen LogP contribution in [0.2, 0.25) is 0 Å². The van der Waals surface area contributed by atoms with Crippen molar-refractivity contribution < 1.29 is 53.4 Å². The van der Waals surface area contributed by atoms with Gasteiger partial charge in [0.15, 0.2) is 6.29 Å². The van der Waals surface area contributed by atoms with E-state index in [1.807, 2.05) is 20.8 Å². The van der Waals surface area contributed by atoms with Gasteiger partial charge in [-0.3, -0.25) is 19.2 Å². The van der Waals surface area contributed by atoms with Crippen LogP contribution in [0.5, 0.6) is 0 Å². The predicted molar refractivity (Wildman–Crippen MR) is 161 cm³/mol. The molecule has 2 aliphatic rings. The lowest BCUT2D eigenvalue weighted by Gasteiger charge is -2.46. The van der Waals surface area contributed by atoms with Crippen molar-refractivity contribution in [3.8, 4) is 0 Å². The molecule has 0 bridgehead atoms. The van der Waals surface area contributed by atoms with E-state index < -0.39 is 53.9 Å². The van der Waals surface area contributed by atoms with Crippen LogP contribution in [0, 0.1) is 11.3 Å². The number of aliphatic hydroxyl groups excluding tert-OH is 3. The van der Waals surface area contributed by atoms with Crippen LogP contribution in [0.15, 0.2) is 0 Å². The highest BCUT2D eigenvalue weighted by atomic mass is 16.6.